The molecule has 1 heterocycles. The molecule has 0 spiro atoms. The molecule has 2 amide bonds. The van der Waals surface area contributed by atoms with E-state index in [1.54, 1.807) is 6.92 Å². The van der Waals surface area contributed by atoms with Crippen molar-refractivity contribution in [1.82, 2.24) is 10.2 Å². The Morgan fingerprint density at radius 3 is 2.29 bits per heavy atom. The summed E-state index contributed by atoms with van der Waals surface area (Å²) in [6.07, 6.45) is 3.14. The van der Waals surface area contributed by atoms with Gasteiger partial charge in [-0.2, -0.15) is 0 Å². The van der Waals surface area contributed by atoms with Gasteiger partial charge in [0.05, 0.1) is 0 Å². The first-order valence-electron chi connectivity index (χ1n) is 8.91. The Hall–Kier alpha value is -1.84. The van der Waals surface area contributed by atoms with Gasteiger partial charge in [-0.15, -0.1) is 0 Å². The molecule has 1 aromatic rings. The van der Waals surface area contributed by atoms with Crippen molar-refractivity contribution in [3.63, 3.8) is 0 Å². The van der Waals surface area contributed by atoms with Gasteiger partial charge >= 0.3 is 0 Å². The minimum absolute atomic E-state index is 0.0331. The number of piperidine rings is 1. The monoisotopic (exact) mass is 330 g/mol. The normalized spacial score (nSPS) is 17.4. The zero-order valence-electron chi connectivity index (χ0n) is 15.3. The number of likely N-dealkylation sites (tertiary alicyclic amines) is 1. The smallest absolute Gasteiger partial charge is 0.244 e. The molecule has 1 fully saturated rings. The van der Waals surface area contributed by atoms with Gasteiger partial charge in [0.25, 0.3) is 0 Å². The van der Waals surface area contributed by atoms with E-state index in [0.29, 0.717) is 5.92 Å². The third-order valence-corrected chi connectivity index (χ3v) is 4.69. The highest BCUT2D eigenvalue weighted by atomic mass is 16.2. The first-order valence-corrected chi connectivity index (χ1v) is 8.91. The number of carbonyl (C=O) groups excluding carboxylic acids is 2. The molecule has 4 nitrogen and oxygen atoms in total. The molecule has 0 aromatic heterocycles. The van der Waals surface area contributed by atoms with E-state index in [1.165, 1.54) is 5.56 Å². The van der Waals surface area contributed by atoms with Crippen LogP contribution < -0.4 is 5.32 Å². The quantitative estimate of drug-likeness (QED) is 0.922. The van der Waals surface area contributed by atoms with E-state index in [4.69, 9.17) is 0 Å². The van der Waals surface area contributed by atoms with Crippen LogP contribution in [-0.2, 0) is 16.0 Å². The molecule has 0 bridgehead atoms. The van der Waals surface area contributed by atoms with Crippen molar-refractivity contribution in [3.05, 3.63) is 35.9 Å². The Bertz CT molecular complexity index is 555. The van der Waals surface area contributed by atoms with E-state index < -0.39 is 11.5 Å². The fourth-order valence-electron chi connectivity index (χ4n) is 3.05. The minimum atomic E-state index is -0.475. The topological polar surface area (TPSA) is 49.4 Å². The van der Waals surface area contributed by atoms with Crippen LogP contribution in [0.25, 0.3) is 0 Å². The molecule has 1 atom stereocenters. The van der Waals surface area contributed by atoms with E-state index >= 15 is 0 Å². The largest absolute Gasteiger partial charge is 0.344 e. The lowest BCUT2D eigenvalue weighted by Gasteiger charge is -2.34. The SMILES string of the molecule is CC(NC(=O)C(C)(C)C)C(=O)N1CCC(Cc2ccccc2)CC1. The molecule has 4 heteroatoms. The summed E-state index contributed by atoms with van der Waals surface area (Å²) in [4.78, 5) is 26.5. The average Bonchev–Trinajstić information content (AvgIpc) is 2.55. The summed E-state index contributed by atoms with van der Waals surface area (Å²) in [6, 6.07) is 10.1. The Balaban J connectivity index is 1.81. The van der Waals surface area contributed by atoms with Crippen LogP contribution >= 0.6 is 0 Å². The maximum Gasteiger partial charge on any atom is 0.244 e. The molecular formula is C20H30N2O2. The van der Waals surface area contributed by atoms with Gasteiger partial charge in [-0.25, -0.2) is 0 Å². The van der Waals surface area contributed by atoms with E-state index in [-0.39, 0.29) is 11.8 Å². The zero-order chi connectivity index (χ0) is 17.7. The highest BCUT2D eigenvalue weighted by Gasteiger charge is 2.29. The number of carbonyl (C=O) groups is 2. The van der Waals surface area contributed by atoms with Gasteiger partial charge in [0.2, 0.25) is 11.8 Å². The number of nitrogens with one attached hydrogen (secondary N) is 1. The first kappa shape index (κ1) is 18.5. The van der Waals surface area contributed by atoms with Crippen LogP contribution in [0.4, 0.5) is 0 Å². The van der Waals surface area contributed by atoms with Crippen LogP contribution in [-0.4, -0.2) is 35.8 Å². The molecular weight excluding hydrogens is 300 g/mol. The summed E-state index contributed by atoms with van der Waals surface area (Å²) >= 11 is 0. The lowest BCUT2D eigenvalue weighted by Crippen LogP contribution is -2.51. The van der Waals surface area contributed by atoms with Gasteiger partial charge in [-0.05, 0) is 37.7 Å². The van der Waals surface area contributed by atoms with Crippen LogP contribution in [0.5, 0.6) is 0 Å². The van der Waals surface area contributed by atoms with Gasteiger partial charge in [0, 0.05) is 18.5 Å². The summed E-state index contributed by atoms with van der Waals surface area (Å²) in [5.41, 5.74) is 0.894. The van der Waals surface area contributed by atoms with Crippen LogP contribution in [0.2, 0.25) is 0 Å². The molecule has 132 valence electrons. The fraction of sp³-hybridized carbons (Fsp3) is 0.600. The van der Waals surface area contributed by atoms with E-state index in [2.05, 4.69) is 29.6 Å². The number of hydrogen-bond acceptors (Lipinski definition) is 2. The predicted molar refractivity (Wildman–Crippen MR) is 96.5 cm³/mol. The van der Waals surface area contributed by atoms with E-state index in [9.17, 15) is 9.59 Å². The van der Waals surface area contributed by atoms with Gasteiger partial charge in [-0.3, -0.25) is 9.59 Å². The Morgan fingerprint density at radius 2 is 1.75 bits per heavy atom. The minimum Gasteiger partial charge on any atom is -0.344 e. The maximum absolute atomic E-state index is 12.5. The number of hydrogen-bond donors (Lipinski definition) is 1. The van der Waals surface area contributed by atoms with E-state index in [1.807, 2.05) is 31.7 Å². The second kappa shape index (κ2) is 7.82. The number of nitrogens with zero attached hydrogens (tertiary/aromatic N) is 1. The van der Waals surface area contributed by atoms with Crippen LogP contribution in [0.3, 0.4) is 0 Å². The van der Waals surface area contributed by atoms with Crippen molar-refractivity contribution in [2.24, 2.45) is 11.3 Å². The average molecular weight is 330 g/mol. The molecule has 1 aliphatic rings. The third-order valence-electron chi connectivity index (χ3n) is 4.69. The molecule has 1 saturated heterocycles. The predicted octanol–water partition coefficient (Wildman–Crippen LogP) is 3.02. The first-order chi connectivity index (χ1) is 11.3. The van der Waals surface area contributed by atoms with Crippen molar-refractivity contribution in [3.8, 4) is 0 Å². The molecule has 0 saturated carbocycles. The van der Waals surface area contributed by atoms with Crippen molar-refractivity contribution in [2.75, 3.05) is 13.1 Å². The van der Waals surface area contributed by atoms with Crippen molar-refractivity contribution >= 4 is 11.8 Å². The molecule has 1 N–H and O–H groups in total. The lowest BCUT2D eigenvalue weighted by atomic mass is 9.90. The summed E-state index contributed by atoms with van der Waals surface area (Å²) in [7, 11) is 0. The van der Waals surface area contributed by atoms with Gasteiger partial charge in [0.1, 0.15) is 6.04 Å². The molecule has 0 aliphatic carbocycles. The standard InChI is InChI=1S/C20H30N2O2/c1-15(21-19(24)20(2,3)4)18(23)22-12-10-17(11-13-22)14-16-8-6-5-7-9-16/h5-9,15,17H,10-14H2,1-4H3,(H,21,24). The number of rotatable bonds is 4. The lowest BCUT2D eigenvalue weighted by molar-refractivity contribution is -0.139. The highest BCUT2D eigenvalue weighted by molar-refractivity contribution is 5.89. The third kappa shape index (κ3) is 5.08. The summed E-state index contributed by atoms with van der Waals surface area (Å²) < 4.78 is 0. The summed E-state index contributed by atoms with van der Waals surface area (Å²) in [5, 5.41) is 2.84. The summed E-state index contributed by atoms with van der Waals surface area (Å²) in [6.45, 7) is 8.91. The molecule has 1 unspecified atom stereocenters. The van der Waals surface area contributed by atoms with Crippen LogP contribution in [0, 0.1) is 11.3 Å². The van der Waals surface area contributed by atoms with E-state index in [0.717, 1.165) is 32.4 Å². The highest BCUT2D eigenvalue weighted by Crippen LogP contribution is 2.22. The van der Waals surface area contributed by atoms with Gasteiger partial charge in [-0.1, -0.05) is 51.1 Å². The number of benzene rings is 1. The molecule has 0 radical (unpaired) electrons. The molecule has 2 rings (SSSR count). The second-order valence-electron chi connectivity index (χ2n) is 7.90. The number of amides is 2. The summed E-state index contributed by atoms with van der Waals surface area (Å²) in [5.74, 6) is 0.587. The van der Waals surface area contributed by atoms with Gasteiger partial charge < -0.3 is 10.2 Å². The van der Waals surface area contributed by atoms with Crippen LogP contribution in [0.15, 0.2) is 30.3 Å². The van der Waals surface area contributed by atoms with Crippen molar-refractivity contribution in [2.45, 2.75) is 53.0 Å². The second-order valence-corrected chi connectivity index (χ2v) is 7.90. The fourth-order valence-corrected chi connectivity index (χ4v) is 3.05. The molecule has 1 aliphatic heterocycles. The Labute approximate surface area is 145 Å². The zero-order valence-corrected chi connectivity index (χ0v) is 15.3. The van der Waals surface area contributed by atoms with Gasteiger partial charge in [0.15, 0.2) is 0 Å². The van der Waals surface area contributed by atoms with Crippen molar-refractivity contribution in [1.29, 1.82) is 0 Å². The molecule has 1 aromatic carbocycles. The van der Waals surface area contributed by atoms with Crippen LogP contribution in [0.1, 0.15) is 46.1 Å². The molecule has 24 heavy (non-hydrogen) atoms. The Morgan fingerprint density at radius 1 is 1.17 bits per heavy atom. The Kier molecular flexibility index (Phi) is 6.03. The maximum atomic E-state index is 12.5. The van der Waals surface area contributed by atoms with Crippen molar-refractivity contribution < 1.29 is 9.59 Å².